The first kappa shape index (κ1) is 22.2. The van der Waals surface area contributed by atoms with Crippen LogP contribution < -0.4 is 10.1 Å². The molecule has 0 spiro atoms. The number of carbonyl (C=O) groups is 1. The lowest BCUT2D eigenvalue weighted by Gasteiger charge is -2.50. The fourth-order valence-electron chi connectivity index (χ4n) is 4.44. The average molecular weight is 409 g/mol. The van der Waals surface area contributed by atoms with E-state index < -0.39 is 5.66 Å². The van der Waals surface area contributed by atoms with E-state index >= 15 is 0 Å². The molecule has 0 aromatic heterocycles. The van der Waals surface area contributed by atoms with Crippen molar-refractivity contribution in [1.29, 1.82) is 0 Å². The molecule has 1 N–H and O–H groups in total. The summed E-state index contributed by atoms with van der Waals surface area (Å²) >= 11 is 0. The summed E-state index contributed by atoms with van der Waals surface area (Å²) in [5.41, 5.74) is 2.14. The van der Waals surface area contributed by atoms with Crippen LogP contribution in [0.2, 0.25) is 0 Å². The molecule has 2 aromatic rings. The number of ether oxygens (including phenoxy) is 1. The van der Waals surface area contributed by atoms with Gasteiger partial charge in [0.2, 0.25) is 0 Å². The van der Waals surface area contributed by atoms with Gasteiger partial charge in [-0.1, -0.05) is 63.8 Å². The van der Waals surface area contributed by atoms with Crippen molar-refractivity contribution in [2.24, 2.45) is 0 Å². The number of hydrogen-bond acceptors (Lipinski definition) is 3. The summed E-state index contributed by atoms with van der Waals surface area (Å²) in [6.07, 6.45) is 6.92. The Hall–Kier alpha value is -2.49. The molecule has 1 atom stereocenters. The zero-order valence-electron chi connectivity index (χ0n) is 18.9. The predicted octanol–water partition coefficient (Wildman–Crippen LogP) is 6.57. The van der Waals surface area contributed by atoms with Crippen molar-refractivity contribution in [3.63, 3.8) is 0 Å². The van der Waals surface area contributed by atoms with E-state index in [0.29, 0.717) is 0 Å². The van der Waals surface area contributed by atoms with Crippen LogP contribution in [-0.2, 0) is 5.66 Å². The smallest absolute Gasteiger partial charge is 0.258 e. The van der Waals surface area contributed by atoms with Crippen LogP contribution in [0.1, 0.15) is 82.1 Å². The van der Waals surface area contributed by atoms with Gasteiger partial charge >= 0.3 is 0 Å². The number of amides is 1. The number of hydrogen-bond donors (Lipinski definition) is 1. The summed E-state index contributed by atoms with van der Waals surface area (Å²) in [6.45, 7) is 9.27. The first-order valence-electron chi connectivity index (χ1n) is 11.5. The zero-order chi connectivity index (χ0) is 21.6. The normalized spacial score (nSPS) is 18.3. The maximum atomic E-state index is 13.4. The fourth-order valence-corrected chi connectivity index (χ4v) is 4.44. The third-order valence-corrected chi connectivity index (χ3v) is 6.01. The Balaban J connectivity index is 1.80. The molecule has 30 heavy (non-hydrogen) atoms. The molecule has 0 fully saturated rings. The predicted molar refractivity (Wildman–Crippen MR) is 124 cm³/mol. The van der Waals surface area contributed by atoms with Gasteiger partial charge < -0.3 is 15.0 Å². The Morgan fingerprint density at radius 1 is 0.967 bits per heavy atom. The van der Waals surface area contributed by atoms with E-state index in [0.717, 1.165) is 42.0 Å². The molecule has 3 rings (SSSR count). The molecule has 1 aliphatic rings. The summed E-state index contributed by atoms with van der Waals surface area (Å²) in [5.74, 6) is 0.965. The van der Waals surface area contributed by atoms with Crippen molar-refractivity contribution >= 4 is 11.6 Å². The van der Waals surface area contributed by atoms with Crippen LogP contribution in [0.25, 0.3) is 0 Å². The van der Waals surface area contributed by atoms with Gasteiger partial charge in [0.25, 0.3) is 5.91 Å². The van der Waals surface area contributed by atoms with Crippen LogP contribution in [0, 0.1) is 0 Å². The summed E-state index contributed by atoms with van der Waals surface area (Å²) in [7, 11) is 0. The quantitative estimate of drug-likeness (QED) is 0.452. The number of carbonyl (C=O) groups excluding carboxylic acids is 1. The lowest BCUT2D eigenvalue weighted by Crippen LogP contribution is -2.59. The van der Waals surface area contributed by atoms with Crippen LogP contribution in [0.5, 0.6) is 5.75 Å². The van der Waals surface area contributed by atoms with Crippen LogP contribution in [0.15, 0.2) is 48.5 Å². The first-order valence-corrected chi connectivity index (χ1v) is 11.5. The van der Waals surface area contributed by atoms with Gasteiger partial charge in [-0.15, -0.1) is 0 Å². The summed E-state index contributed by atoms with van der Waals surface area (Å²) in [4.78, 5) is 15.4. The number of anilines is 1. The second-order valence-electron chi connectivity index (χ2n) is 8.44. The third-order valence-electron chi connectivity index (χ3n) is 6.01. The Labute approximate surface area is 181 Å². The molecule has 0 radical (unpaired) electrons. The lowest BCUT2D eigenvalue weighted by atomic mass is 9.88. The fraction of sp³-hybridized carbons (Fsp3) is 0.500. The van der Waals surface area contributed by atoms with E-state index in [1.54, 1.807) is 0 Å². The van der Waals surface area contributed by atoms with Crippen molar-refractivity contribution in [3.05, 3.63) is 59.7 Å². The molecule has 0 bridgehead atoms. The number of rotatable bonds is 10. The Morgan fingerprint density at radius 3 is 2.33 bits per heavy atom. The van der Waals surface area contributed by atoms with E-state index in [2.05, 4.69) is 45.1 Å². The minimum Gasteiger partial charge on any atom is -0.494 e. The van der Waals surface area contributed by atoms with Gasteiger partial charge in [0.15, 0.2) is 0 Å². The second kappa shape index (κ2) is 10.0. The van der Waals surface area contributed by atoms with Crippen molar-refractivity contribution in [2.45, 2.75) is 77.9 Å². The average Bonchev–Trinajstić information content (AvgIpc) is 2.76. The minimum absolute atomic E-state index is 0.0670. The summed E-state index contributed by atoms with van der Waals surface area (Å²) in [6, 6.07) is 16.1. The first-order chi connectivity index (χ1) is 14.5. The van der Waals surface area contributed by atoms with Crippen molar-refractivity contribution in [1.82, 2.24) is 4.90 Å². The third kappa shape index (κ3) is 4.48. The molecule has 162 valence electrons. The number of fused-ring (bicyclic) bond motifs is 1. The highest BCUT2D eigenvalue weighted by Gasteiger charge is 2.45. The van der Waals surface area contributed by atoms with Crippen molar-refractivity contribution in [2.75, 3.05) is 11.9 Å². The number of para-hydroxylation sites is 1. The molecular weight excluding hydrogens is 372 g/mol. The van der Waals surface area contributed by atoms with E-state index in [9.17, 15) is 4.79 Å². The maximum absolute atomic E-state index is 13.4. The monoisotopic (exact) mass is 408 g/mol. The maximum Gasteiger partial charge on any atom is 0.258 e. The second-order valence-corrected chi connectivity index (χ2v) is 8.44. The zero-order valence-corrected chi connectivity index (χ0v) is 18.9. The Morgan fingerprint density at radius 2 is 1.67 bits per heavy atom. The molecule has 0 saturated heterocycles. The molecule has 4 nitrogen and oxygen atoms in total. The molecule has 1 unspecified atom stereocenters. The van der Waals surface area contributed by atoms with Crippen LogP contribution in [0.4, 0.5) is 5.69 Å². The molecule has 1 aliphatic heterocycles. The molecule has 0 aliphatic carbocycles. The number of nitrogens with zero attached hydrogens (tertiary/aromatic N) is 1. The number of benzene rings is 2. The molecule has 1 amide bonds. The summed E-state index contributed by atoms with van der Waals surface area (Å²) < 4.78 is 5.95. The molecule has 4 heteroatoms. The topological polar surface area (TPSA) is 41.6 Å². The van der Waals surface area contributed by atoms with E-state index in [4.69, 9.17) is 4.74 Å². The van der Waals surface area contributed by atoms with Gasteiger partial charge in [-0.25, -0.2) is 0 Å². The molecule has 1 heterocycles. The standard InChI is InChI=1S/C26H36N2O2/c1-5-7-8-9-12-19-30-22-17-15-21(16-18-22)26(6-2)27-24-14-11-10-13-23(24)25(29)28(26)20(3)4/h10-11,13-18,20,27H,5-9,12,19H2,1-4H3. The van der Waals surface area contributed by atoms with Crippen LogP contribution in [-0.4, -0.2) is 23.5 Å². The van der Waals surface area contributed by atoms with E-state index in [1.807, 2.05) is 41.3 Å². The number of nitrogens with one attached hydrogen (secondary N) is 1. The lowest BCUT2D eigenvalue weighted by molar-refractivity contribution is 0.0371. The molecular formula is C26H36N2O2. The van der Waals surface area contributed by atoms with Crippen molar-refractivity contribution in [3.8, 4) is 5.75 Å². The highest BCUT2D eigenvalue weighted by atomic mass is 16.5. The van der Waals surface area contributed by atoms with Crippen molar-refractivity contribution < 1.29 is 9.53 Å². The van der Waals surface area contributed by atoms with Gasteiger partial charge in [0.1, 0.15) is 11.4 Å². The van der Waals surface area contributed by atoms with Gasteiger partial charge in [0.05, 0.1) is 12.2 Å². The van der Waals surface area contributed by atoms with E-state index in [1.165, 1.54) is 25.7 Å². The van der Waals surface area contributed by atoms with Gasteiger partial charge in [0, 0.05) is 11.7 Å². The van der Waals surface area contributed by atoms with Crippen LogP contribution in [0.3, 0.4) is 0 Å². The highest BCUT2D eigenvalue weighted by molar-refractivity contribution is 6.02. The Bertz CT molecular complexity index is 831. The van der Waals surface area contributed by atoms with Gasteiger partial charge in [-0.2, -0.15) is 0 Å². The van der Waals surface area contributed by atoms with E-state index in [-0.39, 0.29) is 11.9 Å². The van der Waals surface area contributed by atoms with Crippen LogP contribution >= 0.6 is 0 Å². The highest BCUT2D eigenvalue weighted by Crippen LogP contribution is 2.41. The molecule has 0 saturated carbocycles. The summed E-state index contributed by atoms with van der Waals surface area (Å²) in [5, 5.41) is 3.69. The minimum atomic E-state index is -0.571. The van der Waals surface area contributed by atoms with Gasteiger partial charge in [-0.3, -0.25) is 4.79 Å². The SMILES string of the molecule is CCCCCCCOc1ccc(C2(CC)Nc3ccccc3C(=O)N2C(C)C)cc1. The number of unbranched alkanes of at least 4 members (excludes halogenated alkanes) is 4. The largest absolute Gasteiger partial charge is 0.494 e. The van der Waals surface area contributed by atoms with Gasteiger partial charge in [-0.05, 0) is 56.5 Å². The Kier molecular flexibility index (Phi) is 7.41. The molecule has 2 aromatic carbocycles.